The molecule has 0 aliphatic heterocycles. The van der Waals surface area contributed by atoms with Gasteiger partial charge in [-0.05, 0) is 72.9 Å². The summed E-state index contributed by atoms with van der Waals surface area (Å²) in [6.07, 6.45) is 13.2. The Bertz CT molecular complexity index is 1230. The number of nitrogens with zero attached hydrogens (tertiary/aromatic N) is 1. The Balaban J connectivity index is 1.79. The number of fused-ring (bicyclic) bond motifs is 1. The fraction of sp³-hybridized carbons (Fsp3) is 0.281. The molecule has 0 saturated carbocycles. The number of allylic oxidation sites excluding steroid dienone is 1. The van der Waals surface area contributed by atoms with E-state index in [0.717, 1.165) is 40.2 Å². The summed E-state index contributed by atoms with van der Waals surface area (Å²) in [5.74, 6) is 0. The van der Waals surface area contributed by atoms with E-state index in [1.165, 1.54) is 59.9 Å². The second kappa shape index (κ2) is 10.7. The predicted molar refractivity (Wildman–Crippen MR) is 149 cm³/mol. The molecule has 1 aliphatic rings. The van der Waals surface area contributed by atoms with Crippen molar-refractivity contribution in [3.63, 3.8) is 0 Å². The van der Waals surface area contributed by atoms with Gasteiger partial charge in [0.25, 0.3) is 0 Å². The molecular formula is C32H36N2. The molecule has 2 nitrogen and oxygen atoms in total. The molecule has 0 spiro atoms. The standard InChI is InChI=1S/C32H36N2/c1-6-12-30-28(7-2)31(22(4)33-5)29(8-3)32(34-30)25-18-15-24(16-19-25)27-20-17-23-13-10-9-11-14-26(23)21-27/h6-7,12,15-21,33H,2,4,8-11,13-14H2,1,3,5H3/b12-6-. The summed E-state index contributed by atoms with van der Waals surface area (Å²) in [5.41, 5.74) is 12.9. The van der Waals surface area contributed by atoms with Crippen LogP contribution in [0.15, 0.2) is 61.7 Å². The molecule has 174 valence electrons. The fourth-order valence-electron chi connectivity index (χ4n) is 5.11. The highest BCUT2D eigenvalue weighted by atomic mass is 14.8. The Morgan fingerprint density at radius 1 is 0.971 bits per heavy atom. The molecule has 3 aromatic rings. The van der Waals surface area contributed by atoms with Gasteiger partial charge in [-0.25, -0.2) is 4.98 Å². The second-order valence-electron chi connectivity index (χ2n) is 9.02. The van der Waals surface area contributed by atoms with E-state index in [1.807, 2.05) is 26.1 Å². The van der Waals surface area contributed by atoms with Crippen LogP contribution in [0.25, 0.3) is 40.2 Å². The minimum atomic E-state index is 0.863. The maximum Gasteiger partial charge on any atom is 0.0748 e. The third-order valence-corrected chi connectivity index (χ3v) is 6.94. The Morgan fingerprint density at radius 3 is 2.29 bits per heavy atom. The number of pyridine rings is 1. The highest BCUT2D eigenvalue weighted by Crippen LogP contribution is 2.35. The SMILES string of the molecule is C=Cc1c(/C=C\C)nc(-c2ccc(-c3ccc4c(c3)CCCCC4)cc2)c(CC)c1C(=C)NC. The van der Waals surface area contributed by atoms with Crippen LogP contribution in [0.4, 0.5) is 0 Å². The summed E-state index contributed by atoms with van der Waals surface area (Å²) in [6, 6.07) is 15.9. The predicted octanol–water partition coefficient (Wildman–Crippen LogP) is 8.11. The van der Waals surface area contributed by atoms with Gasteiger partial charge < -0.3 is 5.32 Å². The van der Waals surface area contributed by atoms with Gasteiger partial charge in [0, 0.05) is 29.4 Å². The smallest absolute Gasteiger partial charge is 0.0748 e. The van der Waals surface area contributed by atoms with Gasteiger partial charge in [-0.3, -0.25) is 0 Å². The number of hydrogen-bond acceptors (Lipinski definition) is 2. The molecule has 34 heavy (non-hydrogen) atoms. The molecule has 0 radical (unpaired) electrons. The van der Waals surface area contributed by atoms with E-state index >= 15 is 0 Å². The molecule has 4 rings (SSSR count). The summed E-state index contributed by atoms with van der Waals surface area (Å²) in [7, 11) is 1.92. The normalized spacial score (nSPS) is 13.4. The Hall–Kier alpha value is -3.39. The zero-order valence-electron chi connectivity index (χ0n) is 20.9. The van der Waals surface area contributed by atoms with Gasteiger partial charge in [0.1, 0.15) is 0 Å². The molecule has 0 fully saturated rings. The van der Waals surface area contributed by atoms with Crippen molar-refractivity contribution in [1.29, 1.82) is 0 Å². The van der Waals surface area contributed by atoms with Crippen LogP contribution in [-0.4, -0.2) is 12.0 Å². The second-order valence-corrected chi connectivity index (χ2v) is 9.02. The summed E-state index contributed by atoms with van der Waals surface area (Å²) in [4.78, 5) is 5.10. The molecule has 0 bridgehead atoms. The zero-order chi connectivity index (χ0) is 24.1. The molecule has 0 saturated heterocycles. The Morgan fingerprint density at radius 2 is 1.65 bits per heavy atom. The van der Waals surface area contributed by atoms with Crippen molar-refractivity contribution in [1.82, 2.24) is 10.3 Å². The largest absolute Gasteiger partial charge is 0.388 e. The van der Waals surface area contributed by atoms with Crippen molar-refractivity contribution in [2.45, 2.75) is 52.4 Å². The van der Waals surface area contributed by atoms with E-state index in [9.17, 15) is 0 Å². The molecule has 1 N–H and O–H groups in total. The van der Waals surface area contributed by atoms with Crippen LogP contribution in [0.2, 0.25) is 0 Å². The topological polar surface area (TPSA) is 24.9 Å². The van der Waals surface area contributed by atoms with Gasteiger partial charge in [-0.2, -0.15) is 0 Å². The van der Waals surface area contributed by atoms with Crippen molar-refractivity contribution < 1.29 is 0 Å². The number of hydrogen-bond donors (Lipinski definition) is 1. The maximum atomic E-state index is 5.10. The van der Waals surface area contributed by atoms with Crippen LogP contribution in [0, 0.1) is 0 Å². The summed E-state index contributed by atoms with van der Waals surface area (Å²) < 4.78 is 0. The van der Waals surface area contributed by atoms with Crippen LogP contribution in [0.5, 0.6) is 0 Å². The molecule has 1 heterocycles. The van der Waals surface area contributed by atoms with E-state index in [4.69, 9.17) is 4.98 Å². The quantitative estimate of drug-likeness (QED) is 0.369. The van der Waals surface area contributed by atoms with E-state index in [-0.39, 0.29) is 0 Å². The van der Waals surface area contributed by atoms with Gasteiger partial charge >= 0.3 is 0 Å². The highest BCUT2D eigenvalue weighted by Gasteiger charge is 2.19. The number of aryl methyl sites for hydroxylation is 2. The first-order valence-electron chi connectivity index (χ1n) is 12.5. The molecule has 1 aromatic heterocycles. The van der Waals surface area contributed by atoms with Crippen molar-refractivity contribution in [3.05, 3.63) is 95.2 Å². The molecule has 0 amide bonds. The first-order chi connectivity index (χ1) is 16.6. The zero-order valence-corrected chi connectivity index (χ0v) is 20.9. The van der Waals surface area contributed by atoms with Crippen LogP contribution < -0.4 is 5.32 Å². The molecule has 0 atom stereocenters. The summed E-state index contributed by atoms with van der Waals surface area (Å²) >= 11 is 0. The fourth-order valence-corrected chi connectivity index (χ4v) is 5.11. The Kier molecular flexibility index (Phi) is 7.47. The van der Waals surface area contributed by atoms with Crippen molar-refractivity contribution in [2.75, 3.05) is 7.05 Å². The average Bonchev–Trinajstić information content (AvgIpc) is 3.12. The van der Waals surface area contributed by atoms with E-state index in [1.54, 1.807) is 0 Å². The van der Waals surface area contributed by atoms with Crippen LogP contribution in [0.3, 0.4) is 0 Å². The van der Waals surface area contributed by atoms with Gasteiger partial charge in [0.15, 0.2) is 0 Å². The lowest BCUT2D eigenvalue weighted by molar-refractivity contribution is 0.711. The molecular weight excluding hydrogens is 412 g/mol. The third kappa shape index (κ3) is 4.63. The van der Waals surface area contributed by atoms with Crippen LogP contribution in [0.1, 0.15) is 66.6 Å². The number of benzene rings is 2. The van der Waals surface area contributed by atoms with Gasteiger partial charge in [-0.1, -0.05) is 81.1 Å². The third-order valence-electron chi connectivity index (χ3n) is 6.94. The maximum absolute atomic E-state index is 5.10. The van der Waals surface area contributed by atoms with Gasteiger partial charge in [-0.15, -0.1) is 0 Å². The lowest BCUT2D eigenvalue weighted by Crippen LogP contribution is -2.11. The highest BCUT2D eigenvalue weighted by molar-refractivity contribution is 5.83. The molecule has 2 aromatic carbocycles. The van der Waals surface area contributed by atoms with Gasteiger partial charge in [0.05, 0.1) is 11.4 Å². The lowest BCUT2D eigenvalue weighted by atomic mass is 9.90. The lowest BCUT2D eigenvalue weighted by Gasteiger charge is -2.20. The summed E-state index contributed by atoms with van der Waals surface area (Å²) in [6.45, 7) is 12.5. The van der Waals surface area contributed by atoms with E-state index in [0.29, 0.717) is 0 Å². The minimum absolute atomic E-state index is 0.863. The first kappa shape index (κ1) is 23.8. The average molecular weight is 449 g/mol. The first-order valence-corrected chi connectivity index (χ1v) is 12.5. The van der Waals surface area contributed by atoms with Crippen LogP contribution >= 0.6 is 0 Å². The number of rotatable bonds is 7. The Labute approximate surface area is 205 Å². The van der Waals surface area contributed by atoms with Crippen molar-refractivity contribution in [3.8, 4) is 22.4 Å². The molecule has 1 aliphatic carbocycles. The molecule has 0 unspecified atom stereocenters. The van der Waals surface area contributed by atoms with Gasteiger partial charge in [0.2, 0.25) is 0 Å². The van der Waals surface area contributed by atoms with E-state index < -0.39 is 0 Å². The van der Waals surface area contributed by atoms with Crippen LogP contribution in [-0.2, 0) is 19.3 Å². The monoisotopic (exact) mass is 448 g/mol. The van der Waals surface area contributed by atoms with E-state index in [2.05, 4.69) is 73.9 Å². The van der Waals surface area contributed by atoms with Crippen molar-refractivity contribution >= 4 is 17.8 Å². The summed E-state index contributed by atoms with van der Waals surface area (Å²) in [5, 5.41) is 3.24. The van der Waals surface area contributed by atoms with Crippen molar-refractivity contribution in [2.24, 2.45) is 0 Å². The number of aromatic nitrogens is 1. The molecule has 2 heteroatoms. The minimum Gasteiger partial charge on any atom is -0.388 e. The number of nitrogens with one attached hydrogen (secondary N) is 1.